The summed E-state index contributed by atoms with van der Waals surface area (Å²) in [7, 11) is 1.85. The van der Waals surface area contributed by atoms with E-state index < -0.39 is 0 Å². The van der Waals surface area contributed by atoms with Crippen molar-refractivity contribution in [3.8, 4) is 0 Å². The number of nitrogens with zero attached hydrogens (tertiary/aromatic N) is 2. The molecule has 0 atom stereocenters. The van der Waals surface area contributed by atoms with Gasteiger partial charge in [0, 0.05) is 48.3 Å². The molecule has 0 bridgehead atoms. The third-order valence-corrected chi connectivity index (χ3v) is 5.91. The predicted molar refractivity (Wildman–Crippen MR) is 121 cm³/mol. The SMILES string of the molecule is CN=C(NCCc1ccco1)N1CCC(Sc2ccc(Cl)cc2)CC1.I. The summed E-state index contributed by atoms with van der Waals surface area (Å²) in [4.78, 5) is 8.07. The number of nitrogens with one attached hydrogen (secondary N) is 1. The Morgan fingerprint density at radius 2 is 2.00 bits per heavy atom. The molecule has 0 amide bonds. The second-order valence-electron chi connectivity index (χ2n) is 6.06. The minimum Gasteiger partial charge on any atom is -0.469 e. The molecule has 2 aromatic rings. The van der Waals surface area contributed by atoms with E-state index in [9.17, 15) is 0 Å². The van der Waals surface area contributed by atoms with Crippen molar-refractivity contribution in [1.82, 2.24) is 10.2 Å². The van der Waals surface area contributed by atoms with Crippen LogP contribution in [0.5, 0.6) is 0 Å². The van der Waals surface area contributed by atoms with E-state index in [0.717, 1.165) is 55.6 Å². The van der Waals surface area contributed by atoms with Crippen LogP contribution >= 0.6 is 47.3 Å². The molecule has 4 nitrogen and oxygen atoms in total. The Morgan fingerprint density at radius 3 is 2.62 bits per heavy atom. The average Bonchev–Trinajstić information content (AvgIpc) is 3.15. The van der Waals surface area contributed by atoms with Crippen molar-refractivity contribution in [3.05, 3.63) is 53.4 Å². The number of guanidine groups is 1. The minimum absolute atomic E-state index is 0. The van der Waals surface area contributed by atoms with Gasteiger partial charge in [0.15, 0.2) is 5.96 Å². The Bertz CT molecular complexity index is 671. The number of benzene rings is 1. The molecule has 2 heterocycles. The van der Waals surface area contributed by atoms with Crippen LogP contribution in [-0.4, -0.2) is 42.8 Å². The van der Waals surface area contributed by atoms with Crippen LogP contribution in [0.3, 0.4) is 0 Å². The second-order valence-corrected chi connectivity index (χ2v) is 7.87. The van der Waals surface area contributed by atoms with Gasteiger partial charge < -0.3 is 14.6 Å². The summed E-state index contributed by atoms with van der Waals surface area (Å²) in [5, 5.41) is 4.89. The molecule has 1 fully saturated rings. The molecule has 0 unspecified atom stereocenters. The van der Waals surface area contributed by atoms with Crippen LogP contribution in [-0.2, 0) is 6.42 Å². The molecular formula is C19H25ClIN3OS. The lowest BCUT2D eigenvalue weighted by molar-refractivity contribution is 0.337. The normalized spacial score (nSPS) is 15.6. The first-order valence-electron chi connectivity index (χ1n) is 8.65. The maximum atomic E-state index is 5.96. The van der Waals surface area contributed by atoms with Crippen molar-refractivity contribution in [1.29, 1.82) is 0 Å². The van der Waals surface area contributed by atoms with Crippen LogP contribution in [0, 0.1) is 0 Å². The number of likely N-dealkylation sites (tertiary alicyclic amines) is 1. The Hall–Kier alpha value is -0.860. The maximum Gasteiger partial charge on any atom is 0.193 e. The number of hydrogen-bond acceptors (Lipinski definition) is 3. The van der Waals surface area contributed by atoms with E-state index in [1.165, 1.54) is 4.90 Å². The zero-order valence-corrected chi connectivity index (χ0v) is 18.8. The van der Waals surface area contributed by atoms with Crippen molar-refractivity contribution in [2.24, 2.45) is 4.99 Å². The van der Waals surface area contributed by atoms with E-state index in [4.69, 9.17) is 16.0 Å². The largest absolute Gasteiger partial charge is 0.469 e. The molecule has 0 aliphatic carbocycles. The summed E-state index contributed by atoms with van der Waals surface area (Å²) in [5.74, 6) is 1.99. The zero-order valence-electron chi connectivity index (χ0n) is 14.9. The van der Waals surface area contributed by atoms with E-state index in [2.05, 4.69) is 27.3 Å². The molecule has 142 valence electrons. The van der Waals surface area contributed by atoms with Gasteiger partial charge in [0.05, 0.1) is 6.26 Å². The molecule has 1 aromatic heterocycles. The Kier molecular flexibility index (Phi) is 9.15. The minimum atomic E-state index is 0. The van der Waals surface area contributed by atoms with Gasteiger partial charge in [-0.15, -0.1) is 35.7 Å². The van der Waals surface area contributed by atoms with E-state index >= 15 is 0 Å². The van der Waals surface area contributed by atoms with Crippen molar-refractivity contribution < 1.29 is 4.42 Å². The molecule has 26 heavy (non-hydrogen) atoms. The van der Waals surface area contributed by atoms with Crippen LogP contribution in [0.25, 0.3) is 0 Å². The van der Waals surface area contributed by atoms with Crippen LogP contribution in [0.1, 0.15) is 18.6 Å². The van der Waals surface area contributed by atoms with Crippen LogP contribution < -0.4 is 5.32 Å². The fourth-order valence-electron chi connectivity index (χ4n) is 2.98. The standard InChI is InChI=1S/C19H24ClN3OS.HI/c1-21-19(22-11-8-16-3-2-14-24-16)23-12-9-18(10-13-23)25-17-6-4-15(20)5-7-17;/h2-7,14,18H,8-13H2,1H3,(H,21,22);1H. The summed E-state index contributed by atoms with van der Waals surface area (Å²) in [6.07, 6.45) is 4.90. The van der Waals surface area contributed by atoms with Gasteiger partial charge in [-0.05, 0) is 49.2 Å². The molecule has 1 aliphatic rings. The average molecular weight is 506 g/mol. The fraction of sp³-hybridized carbons (Fsp3) is 0.421. The Balaban J connectivity index is 0.00000243. The first kappa shape index (κ1) is 21.4. The molecule has 0 spiro atoms. The molecule has 1 aliphatic heterocycles. The third-order valence-electron chi connectivity index (χ3n) is 4.30. The predicted octanol–water partition coefficient (Wildman–Crippen LogP) is 4.93. The van der Waals surface area contributed by atoms with E-state index in [1.54, 1.807) is 6.26 Å². The lowest BCUT2D eigenvalue weighted by atomic mass is 10.1. The summed E-state index contributed by atoms with van der Waals surface area (Å²) in [5.41, 5.74) is 0. The lowest BCUT2D eigenvalue weighted by Gasteiger charge is -2.34. The molecule has 0 saturated carbocycles. The monoisotopic (exact) mass is 505 g/mol. The van der Waals surface area contributed by atoms with Gasteiger partial charge in [0.2, 0.25) is 0 Å². The van der Waals surface area contributed by atoms with Crippen LogP contribution in [0.2, 0.25) is 5.02 Å². The topological polar surface area (TPSA) is 40.8 Å². The van der Waals surface area contributed by atoms with Gasteiger partial charge in [0.1, 0.15) is 5.76 Å². The number of halogens is 2. The Labute approximate surface area is 181 Å². The summed E-state index contributed by atoms with van der Waals surface area (Å²) in [6, 6.07) is 12.1. The summed E-state index contributed by atoms with van der Waals surface area (Å²) < 4.78 is 5.37. The molecule has 1 N–H and O–H groups in total. The molecule has 1 aromatic carbocycles. The first-order valence-corrected chi connectivity index (χ1v) is 9.90. The second kappa shape index (κ2) is 11.1. The number of aliphatic imine (C=N–C) groups is 1. The molecule has 1 saturated heterocycles. The smallest absolute Gasteiger partial charge is 0.193 e. The highest BCUT2D eigenvalue weighted by molar-refractivity contribution is 14.0. The quantitative estimate of drug-likeness (QED) is 0.356. The number of thioether (sulfide) groups is 1. The number of hydrogen-bond donors (Lipinski definition) is 1. The van der Waals surface area contributed by atoms with Gasteiger partial charge in [-0.1, -0.05) is 11.6 Å². The molecule has 7 heteroatoms. The molecule has 0 radical (unpaired) electrons. The fourth-order valence-corrected chi connectivity index (χ4v) is 4.23. The Morgan fingerprint density at radius 1 is 1.27 bits per heavy atom. The van der Waals surface area contributed by atoms with Crippen LogP contribution in [0.15, 0.2) is 57.0 Å². The summed E-state index contributed by atoms with van der Waals surface area (Å²) in [6.45, 7) is 2.90. The molecular weight excluding hydrogens is 481 g/mol. The summed E-state index contributed by atoms with van der Waals surface area (Å²) >= 11 is 7.91. The van der Waals surface area contributed by atoms with Gasteiger partial charge in [-0.3, -0.25) is 4.99 Å². The maximum absolute atomic E-state index is 5.96. The van der Waals surface area contributed by atoms with E-state index in [1.807, 2.05) is 43.1 Å². The number of furan rings is 1. The molecule has 3 rings (SSSR count). The van der Waals surface area contributed by atoms with E-state index in [0.29, 0.717) is 5.25 Å². The van der Waals surface area contributed by atoms with Crippen LogP contribution in [0.4, 0.5) is 0 Å². The van der Waals surface area contributed by atoms with Crippen molar-refractivity contribution in [2.45, 2.75) is 29.4 Å². The zero-order chi connectivity index (χ0) is 17.5. The van der Waals surface area contributed by atoms with Gasteiger partial charge >= 0.3 is 0 Å². The van der Waals surface area contributed by atoms with Gasteiger partial charge in [-0.2, -0.15) is 0 Å². The van der Waals surface area contributed by atoms with E-state index in [-0.39, 0.29) is 24.0 Å². The van der Waals surface area contributed by atoms with Crippen molar-refractivity contribution >= 4 is 53.3 Å². The van der Waals surface area contributed by atoms with Crippen molar-refractivity contribution in [2.75, 3.05) is 26.7 Å². The third kappa shape index (κ3) is 6.39. The first-order chi connectivity index (χ1) is 12.2. The highest BCUT2D eigenvalue weighted by Crippen LogP contribution is 2.31. The van der Waals surface area contributed by atoms with Gasteiger partial charge in [0.25, 0.3) is 0 Å². The van der Waals surface area contributed by atoms with Crippen molar-refractivity contribution in [3.63, 3.8) is 0 Å². The number of piperidine rings is 1. The highest BCUT2D eigenvalue weighted by Gasteiger charge is 2.22. The van der Waals surface area contributed by atoms with Gasteiger partial charge in [-0.25, -0.2) is 0 Å². The lowest BCUT2D eigenvalue weighted by Crippen LogP contribution is -2.46. The highest BCUT2D eigenvalue weighted by atomic mass is 127. The number of rotatable bonds is 5.